The molecule has 6 heteroatoms. The smallest absolute Gasteiger partial charge is 0.246 e. The lowest BCUT2D eigenvalue weighted by Gasteiger charge is -2.12. The molecule has 114 valence electrons. The lowest BCUT2D eigenvalue weighted by molar-refractivity contribution is -0.125. The third-order valence-corrected chi connectivity index (χ3v) is 3.27. The standard InChI is InChI=1S/C16H16N2O4/c1-11-7-13(17-22-11)9-18(2)16(19)6-4-12-3-5-14-15(8-12)21-10-20-14/h3-8H,9-10H2,1-2H3/b6-4+. The molecule has 0 atom stereocenters. The number of benzene rings is 1. The van der Waals surface area contributed by atoms with Crippen LogP contribution in [0, 0.1) is 6.92 Å². The van der Waals surface area contributed by atoms with Crippen LogP contribution in [0.4, 0.5) is 0 Å². The van der Waals surface area contributed by atoms with Crippen LogP contribution in [-0.2, 0) is 11.3 Å². The Balaban J connectivity index is 1.63. The molecule has 1 aromatic heterocycles. The van der Waals surface area contributed by atoms with E-state index in [1.165, 1.54) is 6.08 Å². The van der Waals surface area contributed by atoms with Crippen LogP contribution in [0.3, 0.4) is 0 Å². The molecule has 2 heterocycles. The van der Waals surface area contributed by atoms with Gasteiger partial charge in [-0.1, -0.05) is 11.2 Å². The number of amides is 1. The van der Waals surface area contributed by atoms with E-state index >= 15 is 0 Å². The van der Waals surface area contributed by atoms with Crippen molar-refractivity contribution in [3.8, 4) is 11.5 Å². The molecule has 1 aliphatic heterocycles. The summed E-state index contributed by atoms with van der Waals surface area (Å²) in [4.78, 5) is 13.7. The number of aryl methyl sites for hydroxylation is 1. The zero-order valence-electron chi connectivity index (χ0n) is 12.4. The minimum Gasteiger partial charge on any atom is -0.454 e. The van der Waals surface area contributed by atoms with Crippen molar-refractivity contribution < 1.29 is 18.8 Å². The molecule has 0 fully saturated rings. The number of hydrogen-bond donors (Lipinski definition) is 0. The van der Waals surface area contributed by atoms with E-state index in [2.05, 4.69) is 5.16 Å². The molecule has 1 aromatic carbocycles. The first-order valence-corrected chi connectivity index (χ1v) is 6.87. The highest BCUT2D eigenvalue weighted by atomic mass is 16.7. The third-order valence-electron chi connectivity index (χ3n) is 3.27. The van der Waals surface area contributed by atoms with Gasteiger partial charge in [0.05, 0.1) is 6.54 Å². The first-order valence-electron chi connectivity index (χ1n) is 6.87. The summed E-state index contributed by atoms with van der Waals surface area (Å²) < 4.78 is 15.5. The van der Waals surface area contributed by atoms with Crippen LogP contribution in [-0.4, -0.2) is 29.8 Å². The molecule has 0 unspecified atom stereocenters. The second kappa shape index (κ2) is 5.93. The second-order valence-corrected chi connectivity index (χ2v) is 5.07. The lowest BCUT2D eigenvalue weighted by Crippen LogP contribution is -2.24. The average Bonchev–Trinajstić information content (AvgIpc) is 3.12. The molecule has 0 spiro atoms. The molecule has 0 aliphatic carbocycles. The Bertz CT molecular complexity index is 721. The maximum absolute atomic E-state index is 12.1. The number of rotatable bonds is 4. The minimum atomic E-state index is -0.113. The molecule has 0 bridgehead atoms. The minimum absolute atomic E-state index is 0.113. The molecule has 0 N–H and O–H groups in total. The Morgan fingerprint density at radius 2 is 2.14 bits per heavy atom. The number of hydrogen-bond acceptors (Lipinski definition) is 5. The van der Waals surface area contributed by atoms with Gasteiger partial charge in [-0.05, 0) is 30.7 Å². The number of nitrogens with zero attached hydrogens (tertiary/aromatic N) is 2. The van der Waals surface area contributed by atoms with Crippen molar-refractivity contribution in [2.45, 2.75) is 13.5 Å². The molecule has 0 saturated heterocycles. The predicted octanol–water partition coefficient (Wildman–Crippen LogP) is 2.38. The Labute approximate surface area is 127 Å². The van der Waals surface area contributed by atoms with Gasteiger partial charge in [0, 0.05) is 19.2 Å². The Morgan fingerprint density at radius 1 is 1.32 bits per heavy atom. The maximum atomic E-state index is 12.1. The van der Waals surface area contributed by atoms with Crippen molar-refractivity contribution in [2.75, 3.05) is 13.8 Å². The summed E-state index contributed by atoms with van der Waals surface area (Å²) in [5.74, 6) is 2.04. The fraction of sp³-hybridized carbons (Fsp3) is 0.250. The van der Waals surface area contributed by atoms with E-state index in [-0.39, 0.29) is 12.7 Å². The number of likely N-dealkylation sites (N-methyl/N-ethyl adjacent to an activating group) is 1. The predicted molar refractivity (Wildman–Crippen MR) is 79.3 cm³/mol. The normalized spacial score (nSPS) is 12.8. The summed E-state index contributed by atoms with van der Waals surface area (Å²) in [6, 6.07) is 7.35. The highest BCUT2D eigenvalue weighted by Gasteiger charge is 2.13. The quantitative estimate of drug-likeness (QED) is 0.811. The summed E-state index contributed by atoms with van der Waals surface area (Å²) in [6.07, 6.45) is 3.26. The molecular formula is C16H16N2O4. The second-order valence-electron chi connectivity index (χ2n) is 5.07. The van der Waals surface area contributed by atoms with Gasteiger partial charge >= 0.3 is 0 Å². The third kappa shape index (κ3) is 3.11. The van der Waals surface area contributed by atoms with Gasteiger partial charge in [-0.15, -0.1) is 0 Å². The van der Waals surface area contributed by atoms with Crippen molar-refractivity contribution in [3.05, 3.63) is 47.4 Å². The van der Waals surface area contributed by atoms with Gasteiger partial charge in [-0.25, -0.2) is 0 Å². The first kappa shape index (κ1) is 14.2. The average molecular weight is 300 g/mol. The number of fused-ring (bicyclic) bond motifs is 1. The van der Waals surface area contributed by atoms with Crippen LogP contribution in [0.1, 0.15) is 17.0 Å². The zero-order chi connectivity index (χ0) is 15.5. The lowest BCUT2D eigenvalue weighted by atomic mass is 10.2. The molecule has 6 nitrogen and oxygen atoms in total. The molecule has 1 aliphatic rings. The van der Waals surface area contributed by atoms with Crippen molar-refractivity contribution in [1.82, 2.24) is 10.1 Å². The van der Waals surface area contributed by atoms with E-state index in [9.17, 15) is 4.79 Å². The van der Waals surface area contributed by atoms with E-state index in [1.54, 1.807) is 18.0 Å². The molecule has 3 rings (SSSR count). The molecular weight excluding hydrogens is 284 g/mol. The van der Waals surface area contributed by atoms with Gasteiger partial charge in [-0.3, -0.25) is 4.79 Å². The van der Waals surface area contributed by atoms with Crippen molar-refractivity contribution >= 4 is 12.0 Å². The molecule has 0 saturated carbocycles. The number of carbonyl (C=O) groups excluding carboxylic acids is 1. The van der Waals surface area contributed by atoms with Gasteiger partial charge in [0.25, 0.3) is 0 Å². The van der Waals surface area contributed by atoms with E-state index < -0.39 is 0 Å². The summed E-state index contributed by atoms with van der Waals surface area (Å²) in [6.45, 7) is 2.46. The molecule has 0 radical (unpaired) electrons. The molecule has 2 aromatic rings. The SMILES string of the molecule is Cc1cc(CN(C)C(=O)/C=C/c2ccc3c(c2)OCO3)no1. The monoisotopic (exact) mass is 300 g/mol. The Hall–Kier alpha value is -2.76. The van der Waals surface area contributed by atoms with E-state index in [1.807, 2.05) is 31.2 Å². The summed E-state index contributed by atoms with van der Waals surface area (Å²) in [5.41, 5.74) is 1.60. The number of ether oxygens (including phenoxy) is 2. The topological polar surface area (TPSA) is 64.8 Å². The van der Waals surface area contributed by atoms with Crippen LogP contribution in [0.2, 0.25) is 0 Å². The highest BCUT2D eigenvalue weighted by molar-refractivity contribution is 5.91. The van der Waals surface area contributed by atoms with Gasteiger partial charge in [0.15, 0.2) is 11.5 Å². The van der Waals surface area contributed by atoms with E-state index in [0.29, 0.717) is 12.3 Å². The van der Waals surface area contributed by atoms with Gasteiger partial charge < -0.3 is 18.9 Å². The largest absolute Gasteiger partial charge is 0.454 e. The highest BCUT2D eigenvalue weighted by Crippen LogP contribution is 2.32. The fourth-order valence-corrected chi connectivity index (χ4v) is 2.12. The number of aromatic nitrogens is 1. The fourth-order valence-electron chi connectivity index (χ4n) is 2.12. The molecule has 1 amide bonds. The van der Waals surface area contributed by atoms with Crippen LogP contribution in [0.25, 0.3) is 6.08 Å². The first-order chi connectivity index (χ1) is 10.6. The van der Waals surface area contributed by atoms with Crippen LogP contribution in [0.5, 0.6) is 11.5 Å². The zero-order valence-corrected chi connectivity index (χ0v) is 12.4. The Kier molecular flexibility index (Phi) is 3.82. The molecule has 22 heavy (non-hydrogen) atoms. The Morgan fingerprint density at radius 3 is 2.91 bits per heavy atom. The van der Waals surface area contributed by atoms with Crippen molar-refractivity contribution in [1.29, 1.82) is 0 Å². The van der Waals surface area contributed by atoms with Gasteiger partial charge in [0.1, 0.15) is 11.5 Å². The van der Waals surface area contributed by atoms with Crippen LogP contribution >= 0.6 is 0 Å². The summed E-state index contributed by atoms with van der Waals surface area (Å²) in [7, 11) is 1.72. The summed E-state index contributed by atoms with van der Waals surface area (Å²) >= 11 is 0. The van der Waals surface area contributed by atoms with Crippen LogP contribution in [0.15, 0.2) is 34.9 Å². The number of carbonyl (C=O) groups is 1. The summed E-state index contributed by atoms with van der Waals surface area (Å²) in [5, 5.41) is 3.87. The van der Waals surface area contributed by atoms with E-state index in [0.717, 1.165) is 22.8 Å². The van der Waals surface area contributed by atoms with Gasteiger partial charge in [0.2, 0.25) is 12.7 Å². The van der Waals surface area contributed by atoms with Gasteiger partial charge in [-0.2, -0.15) is 0 Å². The maximum Gasteiger partial charge on any atom is 0.246 e. The van der Waals surface area contributed by atoms with Crippen molar-refractivity contribution in [3.63, 3.8) is 0 Å². The van der Waals surface area contributed by atoms with Crippen LogP contribution < -0.4 is 9.47 Å². The van der Waals surface area contributed by atoms with E-state index in [4.69, 9.17) is 14.0 Å². The van der Waals surface area contributed by atoms with Crippen molar-refractivity contribution in [2.24, 2.45) is 0 Å².